The molecule has 0 unspecified atom stereocenters. The first-order valence-electron chi connectivity index (χ1n) is 9.63. The minimum absolute atomic E-state index is 0.112. The molecular weight excluding hydrogens is 368 g/mol. The zero-order valence-electron chi connectivity index (χ0n) is 16.4. The van der Waals surface area contributed by atoms with Gasteiger partial charge in [-0.2, -0.15) is 5.26 Å². The molecule has 0 radical (unpaired) electrons. The topological polar surface area (TPSA) is 102 Å². The first kappa shape index (κ1) is 18.9. The summed E-state index contributed by atoms with van der Waals surface area (Å²) in [5, 5.41) is 16.7. The highest BCUT2D eigenvalue weighted by Crippen LogP contribution is 2.39. The number of carbonyl (C=O) groups is 3. The van der Waals surface area contributed by atoms with Crippen molar-refractivity contribution in [3.63, 3.8) is 0 Å². The smallest absolute Gasteiger partial charge is 0.325 e. The number of carbonyl (C=O) groups excluding carboxylic acids is 3. The molecule has 4 rings (SSSR count). The molecule has 1 aliphatic carbocycles. The summed E-state index contributed by atoms with van der Waals surface area (Å²) < 4.78 is 0. The van der Waals surface area contributed by atoms with Crippen LogP contribution in [-0.2, 0) is 15.1 Å². The fraction of sp³-hybridized carbons (Fsp3) is 0.364. The Hall–Kier alpha value is -3.40. The molecule has 1 saturated heterocycles. The van der Waals surface area contributed by atoms with Gasteiger partial charge in [-0.15, -0.1) is 0 Å². The number of nitriles is 1. The SMILES string of the molecule is C[C@]1(c2cccc3ccccc23)NC(=O)N(CC(=O)N[C@@](C)(C#N)C2CC2)C1=O. The van der Waals surface area contributed by atoms with E-state index in [0.717, 1.165) is 28.5 Å². The van der Waals surface area contributed by atoms with Gasteiger partial charge in [0.2, 0.25) is 5.91 Å². The highest BCUT2D eigenvalue weighted by atomic mass is 16.2. The van der Waals surface area contributed by atoms with Crippen LogP contribution in [0.4, 0.5) is 4.79 Å². The Morgan fingerprint density at radius 1 is 1.28 bits per heavy atom. The van der Waals surface area contributed by atoms with Gasteiger partial charge in [-0.25, -0.2) is 4.79 Å². The molecule has 0 aromatic heterocycles. The number of hydrogen-bond acceptors (Lipinski definition) is 4. The molecule has 4 amide bonds. The van der Waals surface area contributed by atoms with Gasteiger partial charge in [0.1, 0.15) is 17.6 Å². The van der Waals surface area contributed by atoms with E-state index < -0.39 is 35.5 Å². The van der Waals surface area contributed by atoms with Crippen molar-refractivity contribution in [2.24, 2.45) is 5.92 Å². The van der Waals surface area contributed by atoms with E-state index in [1.165, 1.54) is 0 Å². The lowest BCUT2D eigenvalue weighted by Gasteiger charge is -2.25. The zero-order valence-corrected chi connectivity index (χ0v) is 16.4. The van der Waals surface area contributed by atoms with Crippen LogP contribution in [0, 0.1) is 17.2 Å². The molecule has 2 atom stereocenters. The Balaban J connectivity index is 1.58. The quantitative estimate of drug-likeness (QED) is 0.766. The molecule has 1 aliphatic heterocycles. The lowest BCUT2D eigenvalue weighted by Crippen LogP contribution is -2.51. The van der Waals surface area contributed by atoms with Crippen LogP contribution in [0.25, 0.3) is 10.8 Å². The first-order valence-corrected chi connectivity index (χ1v) is 9.63. The van der Waals surface area contributed by atoms with Gasteiger partial charge in [-0.05, 0) is 48.9 Å². The summed E-state index contributed by atoms with van der Waals surface area (Å²) in [6, 6.07) is 14.7. The zero-order chi connectivity index (χ0) is 20.8. The van der Waals surface area contributed by atoms with Crippen LogP contribution in [0.2, 0.25) is 0 Å². The van der Waals surface area contributed by atoms with Crippen LogP contribution < -0.4 is 10.6 Å². The van der Waals surface area contributed by atoms with Gasteiger partial charge in [0, 0.05) is 0 Å². The van der Waals surface area contributed by atoms with Crippen molar-refractivity contribution < 1.29 is 14.4 Å². The summed E-state index contributed by atoms with van der Waals surface area (Å²) in [6.45, 7) is 2.90. The number of urea groups is 1. The molecule has 2 N–H and O–H groups in total. The Morgan fingerprint density at radius 2 is 1.97 bits per heavy atom. The number of amides is 4. The summed E-state index contributed by atoms with van der Waals surface area (Å²) in [5.41, 5.74) is -1.57. The molecule has 0 spiro atoms. The predicted octanol–water partition coefficient (Wildman–Crippen LogP) is 2.42. The molecule has 7 heteroatoms. The Kier molecular flexibility index (Phi) is 4.30. The monoisotopic (exact) mass is 390 g/mol. The summed E-state index contributed by atoms with van der Waals surface area (Å²) in [7, 11) is 0. The summed E-state index contributed by atoms with van der Waals surface area (Å²) in [6.07, 6.45) is 1.76. The average Bonchev–Trinajstić information content (AvgIpc) is 3.53. The van der Waals surface area contributed by atoms with Crippen molar-refractivity contribution in [2.75, 3.05) is 6.54 Å². The van der Waals surface area contributed by atoms with Crippen LogP contribution in [-0.4, -0.2) is 34.8 Å². The average molecular weight is 390 g/mol. The summed E-state index contributed by atoms with van der Waals surface area (Å²) in [5.74, 6) is -0.897. The molecule has 2 aliphatic rings. The van der Waals surface area contributed by atoms with Crippen molar-refractivity contribution in [1.82, 2.24) is 15.5 Å². The second kappa shape index (κ2) is 6.59. The number of hydrogen-bond donors (Lipinski definition) is 2. The fourth-order valence-electron chi connectivity index (χ4n) is 4.04. The fourth-order valence-corrected chi connectivity index (χ4v) is 4.04. The molecule has 2 aromatic rings. The van der Waals surface area contributed by atoms with Gasteiger partial charge in [-0.1, -0.05) is 42.5 Å². The standard InChI is InChI=1S/C22H22N4O3/c1-21(13-23,15-10-11-15)24-18(27)12-26-19(28)22(2,25-20(26)29)17-9-5-7-14-6-3-4-8-16(14)17/h3-9,15H,10-12H2,1-2H3,(H,24,27)(H,25,29)/t21-,22+/m0/s1. The van der Waals surface area contributed by atoms with Crippen molar-refractivity contribution in [3.8, 4) is 6.07 Å². The molecule has 148 valence electrons. The van der Waals surface area contributed by atoms with Crippen LogP contribution in [0.5, 0.6) is 0 Å². The van der Waals surface area contributed by atoms with Crippen LogP contribution in [0.1, 0.15) is 32.3 Å². The van der Waals surface area contributed by atoms with Crippen LogP contribution >= 0.6 is 0 Å². The van der Waals surface area contributed by atoms with Gasteiger partial charge in [0.05, 0.1) is 6.07 Å². The normalized spacial score (nSPS) is 23.4. The Bertz CT molecular complexity index is 1070. The third-order valence-electron chi connectivity index (χ3n) is 5.93. The number of fused-ring (bicyclic) bond motifs is 1. The molecule has 2 aromatic carbocycles. The Morgan fingerprint density at radius 3 is 2.66 bits per heavy atom. The first-order chi connectivity index (χ1) is 13.8. The molecule has 29 heavy (non-hydrogen) atoms. The second-order valence-electron chi connectivity index (χ2n) is 8.11. The maximum atomic E-state index is 13.2. The van der Waals surface area contributed by atoms with E-state index in [2.05, 4.69) is 16.7 Å². The lowest BCUT2D eigenvalue weighted by molar-refractivity contribution is -0.135. The van der Waals surface area contributed by atoms with Crippen LogP contribution in [0.15, 0.2) is 42.5 Å². The van der Waals surface area contributed by atoms with E-state index in [4.69, 9.17) is 0 Å². The van der Waals surface area contributed by atoms with E-state index >= 15 is 0 Å². The van der Waals surface area contributed by atoms with Gasteiger partial charge in [0.25, 0.3) is 5.91 Å². The largest absolute Gasteiger partial charge is 0.336 e. The van der Waals surface area contributed by atoms with Crippen molar-refractivity contribution >= 4 is 28.6 Å². The van der Waals surface area contributed by atoms with Gasteiger partial charge in [-0.3, -0.25) is 14.5 Å². The van der Waals surface area contributed by atoms with Gasteiger partial charge >= 0.3 is 6.03 Å². The van der Waals surface area contributed by atoms with E-state index in [1.54, 1.807) is 13.8 Å². The number of nitrogens with zero attached hydrogens (tertiary/aromatic N) is 2. The molecule has 0 bridgehead atoms. The van der Waals surface area contributed by atoms with E-state index in [1.807, 2.05) is 42.5 Å². The van der Waals surface area contributed by atoms with E-state index in [9.17, 15) is 19.6 Å². The summed E-state index contributed by atoms with van der Waals surface area (Å²) >= 11 is 0. The van der Waals surface area contributed by atoms with Crippen LogP contribution in [0.3, 0.4) is 0 Å². The maximum Gasteiger partial charge on any atom is 0.325 e. The highest BCUT2D eigenvalue weighted by molar-refractivity contribution is 6.10. The highest BCUT2D eigenvalue weighted by Gasteiger charge is 2.51. The number of imide groups is 1. The van der Waals surface area contributed by atoms with E-state index in [0.29, 0.717) is 5.56 Å². The lowest BCUT2D eigenvalue weighted by atomic mass is 9.88. The molecular formula is C22H22N4O3. The maximum absolute atomic E-state index is 13.2. The molecule has 7 nitrogen and oxygen atoms in total. The van der Waals surface area contributed by atoms with Gasteiger partial charge < -0.3 is 10.6 Å². The Labute approximate surface area is 168 Å². The molecule has 2 fully saturated rings. The molecule has 1 saturated carbocycles. The number of rotatable bonds is 5. The van der Waals surface area contributed by atoms with Crippen molar-refractivity contribution in [3.05, 3.63) is 48.0 Å². The minimum Gasteiger partial charge on any atom is -0.336 e. The van der Waals surface area contributed by atoms with Crippen molar-refractivity contribution in [2.45, 2.75) is 37.8 Å². The summed E-state index contributed by atoms with van der Waals surface area (Å²) in [4.78, 5) is 39.2. The minimum atomic E-state index is -1.27. The third-order valence-corrected chi connectivity index (χ3v) is 5.93. The van der Waals surface area contributed by atoms with E-state index in [-0.39, 0.29) is 5.92 Å². The number of nitrogens with one attached hydrogen (secondary N) is 2. The number of benzene rings is 2. The predicted molar refractivity (Wildman–Crippen MR) is 106 cm³/mol. The van der Waals surface area contributed by atoms with Crippen molar-refractivity contribution in [1.29, 1.82) is 5.26 Å². The van der Waals surface area contributed by atoms with Gasteiger partial charge in [0.15, 0.2) is 0 Å². The second-order valence-corrected chi connectivity index (χ2v) is 8.11. The third kappa shape index (κ3) is 3.11. The molecule has 1 heterocycles.